The number of nitrogens with zero attached hydrogens (tertiary/aromatic N) is 2. The van der Waals surface area contributed by atoms with E-state index in [1.165, 1.54) is 5.56 Å². The van der Waals surface area contributed by atoms with E-state index in [9.17, 15) is 4.79 Å². The van der Waals surface area contributed by atoms with E-state index in [1.807, 2.05) is 36.8 Å². The molecule has 0 saturated heterocycles. The Balaban J connectivity index is 1.50. The van der Waals surface area contributed by atoms with E-state index in [4.69, 9.17) is 17.3 Å². The maximum atomic E-state index is 11.1. The fourth-order valence-electron chi connectivity index (χ4n) is 4.20. The van der Waals surface area contributed by atoms with Crippen molar-refractivity contribution in [3.05, 3.63) is 66.1 Å². The third-order valence-electron chi connectivity index (χ3n) is 5.73. The van der Waals surface area contributed by atoms with Crippen LogP contribution in [0.3, 0.4) is 0 Å². The van der Waals surface area contributed by atoms with Crippen LogP contribution in [0.15, 0.2) is 61.1 Å². The number of rotatable bonds is 6. The van der Waals surface area contributed by atoms with Crippen LogP contribution >= 0.6 is 11.6 Å². The SMILES string of the molecule is NC(=O)CC[C@@H]1CC[C@@H](n2cncc2-c2ccc(-c3ccc(Cl)cc3)cc2)C1. The Morgan fingerprint density at radius 2 is 1.68 bits per heavy atom. The van der Waals surface area contributed by atoms with Gasteiger partial charge in [0.25, 0.3) is 0 Å². The van der Waals surface area contributed by atoms with Gasteiger partial charge in [-0.25, -0.2) is 4.98 Å². The molecule has 1 saturated carbocycles. The van der Waals surface area contributed by atoms with Gasteiger partial charge in [-0.15, -0.1) is 0 Å². The summed E-state index contributed by atoms with van der Waals surface area (Å²) in [6.07, 6.45) is 8.60. The molecule has 1 aromatic heterocycles. The minimum Gasteiger partial charge on any atom is -0.370 e. The van der Waals surface area contributed by atoms with E-state index in [2.05, 4.69) is 33.8 Å². The second-order valence-electron chi connectivity index (χ2n) is 7.61. The highest BCUT2D eigenvalue weighted by Crippen LogP contribution is 2.39. The minimum atomic E-state index is -0.201. The van der Waals surface area contributed by atoms with Crippen LogP contribution in [-0.2, 0) is 4.79 Å². The van der Waals surface area contributed by atoms with Crippen LogP contribution in [0.1, 0.15) is 38.1 Å². The van der Waals surface area contributed by atoms with Gasteiger partial charge in [0.2, 0.25) is 5.91 Å². The number of nitrogens with two attached hydrogens (primary N) is 1. The minimum absolute atomic E-state index is 0.201. The van der Waals surface area contributed by atoms with E-state index in [0.29, 0.717) is 18.4 Å². The summed E-state index contributed by atoms with van der Waals surface area (Å²) in [5, 5.41) is 0.745. The summed E-state index contributed by atoms with van der Waals surface area (Å²) in [6.45, 7) is 0. The van der Waals surface area contributed by atoms with E-state index < -0.39 is 0 Å². The zero-order valence-corrected chi connectivity index (χ0v) is 16.5. The molecular weight excluding hydrogens is 370 g/mol. The quantitative estimate of drug-likeness (QED) is 0.602. The smallest absolute Gasteiger partial charge is 0.217 e. The highest BCUT2D eigenvalue weighted by atomic mass is 35.5. The molecule has 1 amide bonds. The number of carbonyl (C=O) groups excluding carboxylic acids is 1. The van der Waals surface area contributed by atoms with Gasteiger partial charge >= 0.3 is 0 Å². The van der Waals surface area contributed by atoms with Crippen molar-refractivity contribution >= 4 is 17.5 Å². The molecule has 0 unspecified atom stereocenters. The van der Waals surface area contributed by atoms with Gasteiger partial charge in [0.05, 0.1) is 18.2 Å². The number of hydrogen-bond acceptors (Lipinski definition) is 2. The molecule has 0 bridgehead atoms. The lowest BCUT2D eigenvalue weighted by molar-refractivity contribution is -0.118. The molecule has 1 fully saturated rings. The van der Waals surface area contributed by atoms with Gasteiger partial charge in [0, 0.05) is 17.5 Å². The standard InChI is InChI=1S/C23H24ClN3O/c24-20-9-7-18(8-10-20)17-3-5-19(6-4-17)22-14-26-15-27(22)21-11-1-16(13-21)2-12-23(25)28/h3-10,14-16,21H,1-2,11-13H2,(H2,25,28)/t16-,21+/m0/s1. The average molecular weight is 394 g/mol. The summed E-state index contributed by atoms with van der Waals surface area (Å²) < 4.78 is 2.29. The molecule has 2 N–H and O–H groups in total. The highest BCUT2D eigenvalue weighted by molar-refractivity contribution is 6.30. The largest absolute Gasteiger partial charge is 0.370 e. The second kappa shape index (κ2) is 8.19. The maximum absolute atomic E-state index is 11.1. The van der Waals surface area contributed by atoms with E-state index >= 15 is 0 Å². The van der Waals surface area contributed by atoms with Crippen LogP contribution in [-0.4, -0.2) is 15.5 Å². The van der Waals surface area contributed by atoms with Gasteiger partial charge in [0.1, 0.15) is 0 Å². The summed E-state index contributed by atoms with van der Waals surface area (Å²) >= 11 is 5.98. The molecule has 2 aromatic carbocycles. The lowest BCUT2D eigenvalue weighted by atomic mass is 10.0. The third kappa shape index (κ3) is 4.12. The third-order valence-corrected chi connectivity index (χ3v) is 5.98. The van der Waals surface area contributed by atoms with Crippen LogP contribution in [0.25, 0.3) is 22.4 Å². The molecule has 1 aliphatic carbocycles. The van der Waals surface area contributed by atoms with Gasteiger partial charge < -0.3 is 10.3 Å². The van der Waals surface area contributed by atoms with Crippen LogP contribution in [0.2, 0.25) is 5.02 Å². The number of hydrogen-bond donors (Lipinski definition) is 1. The summed E-state index contributed by atoms with van der Waals surface area (Å²) in [4.78, 5) is 15.5. The van der Waals surface area contributed by atoms with Gasteiger partial charge in [-0.1, -0.05) is 48.0 Å². The molecule has 28 heavy (non-hydrogen) atoms. The number of carbonyl (C=O) groups is 1. The first-order chi connectivity index (χ1) is 13.6. The van der Waals surface area contributed by atoms with E-state index in [0.717, 1.165) is 47.5 Å². The van der Waals surface area contributed by atoms with Crippen molar-refractivity contribution in [3.8, 4) is 22.4 Å². The molecule has 0 aliphatic heterocycles. The predicted molar refractivity (Wildman–Crippen MR) is 113 cm³/mol. The van der Waals surface area contributed by atoms with Gasteiger partial charge in [-0.3, -0.25) is 4.79 Å². The fraction of sp³-hybridized carbons (Fsp3) is 0.304. The molecule has 0 radical (unpaired) electrons. The summed E-state index contributed by atoms with van der Waals surface area (Å²) in [5.74, 6) is 0.368. The lowest BCUT2D eigenvalue weighted by Gasteiger charge is -2.16. The summed E-state index contributed by atoms with van der Waals surface area (Å²) in [6, 6.07) is 16.9. The second-order valence-corrected chi connectivity index (χ2v) is 8.04. The Labute approximate surface area is 170 Å². The molecule has 3 aromatic rings. The Kier molecular flexibility index (Phi) is 5.49. The van der Waals surface area contributed by atoms with Crippen molar-refractivity contribution in [2.45, 2.75) is 38.1 Å². The predicted octanol–water partition coefficient (Wildman–Crippen LogP) is 5.48. The lowest BCUT2D eigenvalue weighted by Crippen LogP contribution is -2.12. The van der Waals surface area contributed by atoms with Crippen molar-refractivity contribution in [2.24, 2.45) is 11.7 Å². The molecule has 1 aliphatic rings. The zero-order chi connectivity index (χ0) is 19.5. The fourth-order valence-corrected chi connectivity index (χ4v) is 4.33. The van der Waals surface area contributed by atoms with Crippen LogP contribution < -0.4 is 5.73 Å². The molecule has 4 rings (SSSR count). The first kappa shape index (κ1) is 18.8. The molecule has 5 heteroatoms. The summed E-state index contributed by atoms with van der Waals surface area (Å²) in [5.41, 5.74) is 9.92. The first-order valence-corrected chi connectivity index (χ1v) is 10.1. The topological polar surface area (TPSA) is 60.9 Å². The first-order valence-electron chi connectivity index (χ1n) is 9.76. The Morgan fingerprint density at radius 1 is 1.04 bits per heavy atom. The molecule has 1 heterocycles. The Bertz CT molecular complexity index is 947. The maximum Gasteiger partial charge on any atom is 0.217 e. The van der Waals surface area contributed by atoms with Crippen LogP contribution in [0.5, 0.6) is 0 Å². The highest BCUT2D eigenvalue weighted by Gasteiger charge is 2.27. The zero-order valence-electron chi connectivity index (χ0n) is 15.7. The number of halogens is 1. The molecule has 144 valence electrons. The van der Waals surface area contributed by atoms with Gasteiger partial charge in [0.15, 0.2) is 0 Å². The normalized spacial score (nSPS) is 19.0. The van der Waals surface area contributed by atoms with E-state index in [1.54, 1.807) is 0 Å². The molecule has 2 atom stereocenters. The molecule has 0 spiro atoms. The number of aromatic nitrogens is 2. The average Bonchev–Trinajstić information content (AvgIpc) is 3.36. The number of imidazole rings is 1. The number of primary amides is 1. The number of benzene rings is 2. The molecule has 4 nitrogen and oxygen atoms in total. The van der Waals surface area contributed by atoms with Crippen molar-refractivity contribution in [1.29, 1.82) is 0 Å². The van der Waals surface area contributed by atoms with Crippen molar-refractivity contribution in [2.75, 3.05) is 0 Å². The van der Waals surface area contributed by atoms with E-state index in [-0.39, 0.29) is 5.91 Å². The van der Waals surface area contributed by atoms with Gasteiger partial charge in [-0.05, 0) is 60.4 Å². The van der Waals surface area contributed by atoms with Crippen molar-refractivity contribution in [1.82, 2.24) is 9.55 Å². The summed E-state index contributed by atoms with van der Waals surface area (Å²) in [7, 11) is 0. The molecular formula is C23H24ClN3O. The monoisotopic (exact) mass is 393 g/mol. The van der Waals surface area contributed by atoms with Crippen molar-refractivity contribution in [3.63, 3.8) is 0 Å². The van der Waals surface area contributed by atoms with Crippen LogP contribution in [0, 0.1) is 5.92 Å². The Hall–Kier alpha value is -2.59. The van der Waals surface area contributed by atoms with Crippen LogP contribution in [0.4, 0.5) is 0 Å². The Morgan fingerprint density at radius 3 is 2.36 bits per heavy atom. The van der Waals surface area contributed by atoms with Crippen molar-refractivity contribution < 1.29 is 4.79 Å². The number of amides is 1. The van der Waals surface area contributed by atoms with Gasteiger partial charge in [-0.2, -0.15) is 0 Å².